The first kappa shape index (κ1) is 22.3. The standard InChI is InChI=1S/C18H28Br2N2O3/c1-7-24-15-13(19)8-12(9-14(15)20)10-21-11-18(5,6)22-16(23)25-17(2,3)4/h8-9,21H,7,10-11H2,1-6H3,(H,22,23). The quantitative estimate of drug-likeness (QED) is 0.577. The van der Waals surface area contributed by atoms with Crippen LogP contribution in [0.3, 0.4) is 0 Å². The summed E-state index contributed by atoms with van der Waals surface area (Å²) in [6.45, 7) is 13.3. The monoisotopic (exact) mass is 478 g/mol. The van der Waals surface area contributed by atoms with Gasteiger partial charge in [0.15, 0.2) is 0 Å². The zero-order valence-corrected chi connectivity index (χ0v) is 18.9. The van der Waals surface area contributed by atoms with Crippen molar-refractivity contribution in [2.45, 2.75) is 59.2 Å². The minimum atomic E-state index is -0.506. The van der Waals surface area contributed by atoms with Crippen molar-refractivity contribution in [1.29, 1.82) is 0 Å². The molecule has 7 heteroatoms. The Morgan fingerprint density at radius 2 is 1.68 bits per heavy atom. The summed E-state index contributed by atoms with van der Waals surface area (Å²) in [5.41, 5.74) is 0.173. The van der Waals surface area contributed by atoms with Crippen LogP contribution in [-0.4, -0.2) is 30.4 Å². The summed E-state index contributed by atoms with van der Waals surface area (Å²) in [6, 6.07) is 4.05. The maximum absolute atomic E-state index is 11.9. The first-order valence-corrected chi connectivity index (χ1v) is 9.85. The van der Waals surface area contributed by atoms with Gasteiger partial charge in [0.2, 0.25) is 0 Å². The summed E-state index contributed by atoms with van der Waals surface area (Å²) in [4.78, 5) is 11.9. The Morgan fingerprint density at radius 1 is 1.12 bits per heavy atom. The van der Waals surface area contributed by atoms with Crippen molar-refractivity contribution in [2.75, 3.05) is 13.2 Å². The van der Waals surface area contributed by atoms with Crippen LogP contribution in [0.5, 0.6) is 5.75 Å². The van der Waals surface area contributed by atoms with Gasteiger partial charge in [-0.1, -0.05) is 0 Å². The van der Waals surface area contributed by atoms with Gasteiger partial charge in [-0.25, -0.2) is 4.79 Å². The molecular formula is C18H28Br2N2O3. The predicted octanol–water partition coefficient (Wildman–Crippen LogP) is 5.00. The van der Waals surface area contributed by atoms with Gasteiger partial charge in [-0.2, -0.15) is 0 Å². The molecule has 0 spiro atoms. The molecule has 0 aliphatic carbocycles. The van der Waals surface area contributed by atoms with Crippen molar-refractivity contribution in [3.8, 4) is 5.75 Å². The highest BCUT2D eigenvalue weighted by atomic mass is 79.9. The maximum Gasteiger partial charge on any atom is 0.408 e. The van der Waals surface area contributed by atoms with Gasteiger partial charge in [-0.3, -0.25) is 0 Å². The van der Waals surface area contributed by atoms with Gasteiger partial charge < -0.3 is 20.1 Å². The van der Waals surface area contributed by atoms with E-state index in [1.807, 2.05) is 53.7 Å². The average molecular weight is 480 g/mol. The molecule has 142 valence electrons. The number of nitrogens with one attached hydrogen (secondary N) is 2. The molecule has 0 fully saturated rings. The highest BCUT2D eigenvalue weighted by Gasteiger charge is 2.24. The van der Waals surface area contributed by atoms with Gasteiger partial charge in [0.1, 0.15) is 11.4 Å². The van der Waals surface area contributed by atoms with Crippen LogP contribution in [0.15, 0.2) is 21.1 Å². The lowest BCUT2D eigenvalue weighted by molar-refractivity contribution is 0.0472. The Hall–Kier alpha value is -0.790. The second-order valence-corrected chi connectivity index (χ2v) is 9.14. The van der Waals surface area contributed by atoms with Crippen molar-refractivity contribution >= 4 is 38.0 Å². The molecule has 0 heterocycles. The van der Waals surface area contributed by atoms with E-state index < -0.39 is 17.2 Å². The van der Waals surface area contributed by atoms with Gasteiger partial charge in [0, 0.05) is 13.1 Å². The maximum atomic E-state index is 11.9. The fraction of sp³-hybridized carbons (Fsp3) is 0.611. The number of alkyl carbamates (subject to hydrolysis) is 1. The molecule has 2 N–H and O–H groups in total. The fourth-order valence-electron chi connectivity index (χ4n) is 2.14. The van der Waals surface area contributed by atoms with E-state index in [0.29, 0.717) is 19.7 Å². The van der Waals surface area contributed by atoms with Crippen molar-refractivity contribution in [1.82, 2.24) is 10.6 Å². The minimum Gasteiger partial charge on any atom is -0.492 e. The third-order valence-electron chi connectivity index (χ3n) is 3.08. The van der Waals surface area contributed by atoms with E-state index in [-0.39, 0.29) is 0 Å². The Bertz CT molecular complexity index is 575. The number of carbonyl (C=O) groups excluding carboxylic acids is 1. The molecule has 0 unspecified atom stereocenters. The van der Waals surface area contributed by atoms with Crippen LogP contribution in [0, 0.1) is 0 Å². The minimum absolute atomic E-state index is 0.411. The van der Waals surface area contributed by atoms with Crippen molar-refractivity contribution in [2.24, 2.45) is 0 Å². The van der Waals surface area contributed by atoms with Crippen LogP contribution < -0.4 is 15.4 Å². The number of halogens is 2. The van der Waals surface area contributed by atoms with E-state index in [2.05, 4.69) is 42.5 Å². The first-order valence-electron chi connectivity index (χ1n) is 8.26. The molecular weight excluding hydrogens is 452 g/mol. The summed E-state index contributed by atoms with van der Waals surface area (Å²) in [5, 5.41) is 6.25. The molecule has 25 heavy (non-hydrogen) atoms. The molecule has 0 aromatic heterocycles. The fourth-order valence-corrected chi connectivity index (χ4v) is 3.65. The zero-order chi connectivity index (χ0) is 19.3. The van der Waals surface area contributed by atoms with Crippen LogP contribution in [0.2, 0.25) is 0 Å². The molecule has 1 aromatic carbocycles. The van der Waals surface area contributed by atoms with E-state index in [1.54, 1.807) is 0 Å². The summed E-state index contributed by atoms with van der Waals surface area (Å²) < 4.78 is 12.7. The summed E-state index contributed by atoms with van der Waals surface area (Å²) in [5.74, 6) is 0.804. The predicted molar refractivity (Wildman–Crippen MR) is 108 cm³/mol. The number of benzene rings is 1. The molecule has 0 atom stereocenters. The van der Waals surface area contributed by atoms with Crippen LogP contribution in [0.1, 0.15) is 47.1 Å². The summed E-state index contributed by atoms with van der Waals surface area (Å²) in [7, 11) is 0. The second-order valence-electron chi connectivity index (χ2n) is 7.44. The van der Waals surface area contributed by atoms with Crippen LogP contribution >= 0.6 is 31.9 Å². The topological polar surface area (TPSA) is 59.6 Å². The molecule has 1 amide bonds. The molecule has 0 saturated carbocycles. The molecule has 0 bridgehead atoms. The Balaban J connectivity index is 2.57. The van der Waals surface area contributed by atoms with Crippen molar-refractivity contribution in [3.05, 3.63) is 26.6 Å². The lowest BCUT2D eigenvalue weighted by Crippen LogP contribution is -2.51. The van der Waals surface area contributed by atoms with Crippen LogP contribution in [0.25, 0.3) is 0 Å². The summed E-state index contributed by atoms with van der Waals surface area (Å²) in [6.07, 6.45) is -0.411. The van der Waals surface area contributed by atoms with Crippen LogP contribution in [0.4, 0.5) is 4.79 Å². The zero-order valence-electron chi connectivity index (χ0n) is 15.8. The van der Waals surface area contributed by atoms with E-state index in [9.17, 15) is 4.79 Å². The van der Waals surface area contributed by atoms with E-state index in [4.69, 9.17) is 9.47 Å². The molecule has 1 rings (SSSR count). The van der Waals surface area contributed by atoms with Gasteiger partial charge in [0.05, 0.1) is 21.1 Å². The SMILES string of the molecule is CCOc1c(Br)cc(CNCC(C)(C)NC(=O)OC(C)(C)C)cc1Br. The van der Waals surface area contributed by atoms with Gasteiger partial charge in [0.25, 0.3) is 0 Å². The Labute approximate surface area is 167 Å². The van der Waals surface area contributed by atoms with Gasteiger partial charge in [-0.05, 0) is 91.1 Å². The average Bonchev–Trinajstić information content (AvgIpc) is 2.39. The number of amides is 1. The van der Waals surface area contributed by atoms with Gasteiger partial charge in [-0.15, -0.1) is 0 Å². The second kappa shape index (κ2) is 9.24. The molecule has 5 nitrogen and oxygen atoms in total. The van der Waals surface area contributed by atoms with E-state index in [1.165, 1.54) is 0 Å². The Kier molecular flexibility index (Phi) is 8.22. The Morgan fingerprint density at radius 3 is 2.16 bits per heavy atom. The normalized spacial score (nSPS) is 12.0. The number of ether oxygens (including phenoxy) is 2. The highest BCUT2D eigenvalue weighted by Crippen LogP contribution is 2.34. The third kappa shape index (κ3) is 8.42. The molecule has 0 aliphatic heterocycles. The van der Waals surface area contributed by atoms with E-state index in [0.717, 1.165) is 20.3 Å². The number of hydrogen-bond donors (Lipinski definition) is 2. The van der Waals surface area contributed by atoms with Gasteiger partial charge >= 0.3 is 6.09 Å². The molecule has 1 aromatic rings. The highest BCUT2D eigenvalue weighted by molar-refractivity contribution is 9.11. The number of rotatable bonds is 7. The molecule has 0 aliphatic rings. The third-order valence-corrected chi connectivity index (χ3v) is 4.26. The molecule has 0 radical (unpaired) electrons. The van der Waals surface area contributed by atoms with Crippen molar-refractivity contribution < 1.29 is 14.3 Å². The lowest BCUT2D eigenvalue weighted by Gasteiger charge is -2.29. The number of carbonyl (C=O) groups is 1. The lowest BCUT2D eigenvalue weighted by atomic mass is 10.1. The first-order chi connectivity index (χ1) is 11.4. The molecule has 0 saturated heterocycles. The largest absolute Gasteiger partial charge is 0.492 e. The summed E-state index contributed by atoms with van der Waals surface area (Å²) >= 11 is 7.07. The number of hydrogen-bond acceptors (Lipinski definition) is 4. The smallest absolute Gasteiger partial charge is 0.408 e. The van der Waals surface area contributed by atoms with Crippen molar-refractivity contribution in [3.63, 3.8) is 0 Å². The van der Waals surface area contributed by atoms with Crippen LogP contribution in [-0.2, 0) is 11.3 Å². The van der Waals surface area contributed by atoms with E-state index >= 15 is 0 Å².